The molecule has 7 heteroatoms. The number of benzene rings is 1. The van der Waals surface area contributed by atoms with Gasteiger partial charge in [0.25, 0.3) is 5.91 Å². The first-order valence-electron chi connectivity index (χ1n) is 8.41. The van der Waals surface area contributed by atoms with E-state index in [1.807, 2.05) is 12.1 Å². The van der Waals surface area contributed by atoms with E-state index in [4.69, 9.17) is 25.8 Å². The molecule has 0 aliphatic carbocycles. The first-order chi connectivity index (χ1) is 12.0. The summed E-state index contributed by atoms with van der Waals surface area (Å²) in [7, 11) is 0. The average molecular weight is 370 g/mol. The first-order valence-corrected chi connectivity index (χ1v) is 8.79. The molecule has 1 N–H and O–H groups in total. The lowest BCUT2D eigenvalue weighted by Crippen LogP contribution is -2.38. The minimum atomic E-state index is -0.895. The lowest BCUT2D eigenvalue weighted by Gasteiger charge is -2.18. The minimum absolute atomic E-state index is 0.0374. The number of carbonyl (C=O) groups excluding carboxylic acids is 2. The van der Waals surface area contributed by atoms with Crippen molar-refractivity contribution in [3.8, 4) is 0 Å². The molecule has 1 fully saturated rings. The highest BCUT2D eigenvalue weighted by molar-refractivity contribution is 6.30. The van der Waals surface area contributed by atoms with Crippen molar-refractivity contribution in [2.75, 3.05) is 13.2 Å². The summed E-state index contributed by atoms with van der Waals surface area (Å²) in [4.78, 5) is 24.0. The number of ether oxygens (including phenoxy) is 3. The summed E-state index contributed by atoms with van der Waals surface area (Å²) in [5.41, 5.74) is 0.907. The van der Waals surface area contributed by atoms with Crippen LogP contribution in [0, 0.1) is 0 Å². The van der Waals surface area contributed by atoms with Crippen LogP contribution in [-0.2, 0) is 30.3 Å². The predicted molar refractivity (Wildman–Crippen MR) is 93.2 cm³/mol. The van der Waals surface area contributed by atoms with Gasteiger partial charge in [-0.1, -0.05) is 23.7 Å². The molecule has 1 aromatic rings. The molecule has 0 saturated carbocycles. The van der Waals surface area contributed by atoms with Gasteiger partial charge in [0.05, 0.1) is 12.7 Å². The summed E-state index contributed by atoms with van der Waals surface area (Å²) in [5, 5.41) is 3.35. The maximum absolute atomic E-state index is 12.0. The first kappa shape index (κ1) is 19.7. The van der Waals surface area contributed by atoms with Crippen molar-refractivity contribution in [1.29, 1.82) is 0 Å². The molecule has 3 unspecified atom stereocenters. The fourth-order valence-electron chi connectivity index (χ4n) is 2.35. The van der Waals surface area contributed by atoms with Gasteiger partial charge in [-0.05, 0) is 44.4 Å². The number of halogens is 1. The summed E-state index contributed by atoms with van der Waals surface area (Å²) in [6.07, 6.45) is 0.350. The Hall–Kier alpha value is -1.63. The van der Waals surface area contributed by atoms with E-state index in [1.165, 1.54) is 6.92 Å². The molecular weight excluding hydrogens is 346 g/mol. The monoisotopic (exact) mass is 369 g/mol. The van der Waals surface area contributed by atoms with Crippen molar-refractivity contribution in [2.45, 2.75) is 51.5 Å². The van der Waals surface area contributed by atoms with E-state index in [-0.39, 0.29) is 12.0 Å². The molecule has 6 nitrogen and oxygen atoms in total. The summed E-state index contributed by atoms with van der Waals surface area (Å²) >= 11 is 5.81. The lowest BCUT2D eigenvalue weighted by atomic mass is 10.2. The lowest BCUT2D eigenvalue weighted by molar-refractivity contribution is -0.166. The molecule has 1 aliphatic heterocycles. The fraction of sp³-hybridized carbons (Fsp3) is 0.556. The van der Waals surface area contributed by atoms with Gasteiger partial charge in [-0.2, -0.15) is 0 Å². The van der Waals surface area contributed by atoms with E-state index in [0.717, 1.165) is 25.0 Å². The van der Waals surface area contributed by atoms with E-state index in [1.54, 1.807) is 19.1 Å². The average Bonchev–Trinajstić information content (AvgIpc) is 3.12. The number of rotatable bonds is 8. The van der Waals surface area contributed by atoms with Crippen LogP contribution in [0.4, 0.5) is 0 Å². The molecule has 0 bridgehead atoms. The van der Waals surface area contributed by atoms with Crippen LogP contribution < -0.4 is 5.32 Å². The van der Waals surface area contributed by atoms with Gasteiger partial charge in [-0.3, -0.25) is 4.79 Å². The Morgan fingerprint density at radius 1 is 1.28 bits per heavy atom. The second-order valence-electron chi connectivity index (χ2n) is 6.03. The number of hydrogen-bond donors (Lipinski definition) is 1. The van der Waals surface area contributed by atoms with E-state index in [9.17, 15) is 9.59 Å². The molecular formula is C18H24ClNO5. The standard InChI is InChI=1S/C18H24ClNO5/c1-12(17(21)20-10-14-5-7-15(19)8-6-14)25-18(22)13(2)24-11-16-4-3-9-23-16/h5-8,12-13,16H,3-4,9-11H2,1-2H3,(H,20,21). The Morgan fingerprint density at radius 2 is 2.00 bits per heavy atom. The second kappa shape index (κ2) is 9.75. The maximum atomic E-state index is 12.0. The molecule has 2 rings (SSSR count). The molecule has 138 valence electrons. The van der Waals surface area contributed by atoms with Crippen molar-refractivity contribution in [1.82, 2.24) is 5.32 Å². The minimum Gasteiger partial charge on any atom is -0.451 e. The van der Waals surface area contributed by atoms with Crippen molar-refractivity contribution < 1.29 is 23.8 Å². The summed E-state index contributed by atoms with van der Waals surface area (Å²) in [5.74, 6) is -0.929. The van der Waals surface area contributed by atoms with Crippen LogP contribution >= 0.6 is 11.6 Å². The van der Waals surface area contributed by atoms with Crippen molar-refractivity contribution >= 4 is 23.5 Å². The highest BCUT2D eigenvalue weighted by Gasteiger charge is 2.24. The third kappa shape index (κ3) is 6.65. The van der Waals surface area contributed by atoms with Gasteiger partial charge in [0, 0.05) is 18.2 Å². The molecule has 1 heterocycles. The summed E-state index contributed by atoms with van der Waals surface area (Å²) in [6, 6.07) is 7.14. The van der Waals surface area contributed by atoms with E-state index >= 15 is 0 Å². The van der Waals surface area contributed by atoms with Crippen LogP contribution in [0.5, 0.6) is 0 Å². The molecule has 1 aliphatic rings. The number of esters is 1. The molecule has 0 aromatic heterocycles. The Morgan fingerprint density at radius 3 is 2.64 bits per heavy atom. The summed E-state index contributed by atoms with van der Waals surface area (Å²) in [6.45, 7) is 4.56. The number of hydrogen-bond acceptors (Lipinski definition) is 5. The zero-order chi connectivity index (χ0) is 18.2. The van der Waals surface area contributed by atoms with Gasteiger partial charge < -0.3 is 19.5 Å². The topological polar surface area (TPSA) is 73.9 Å². The molecule has 1 aromatic carbocycles. The molecule has 0 spiro atoms. The Labute approximate surface area is 152 Å². The van der Waals surface area contributed by atoms with Crippen LogP contribution in [0.1, 0.15) is 32.3 Å². The predicted octanol–water partition coefficient (Wildman–Crippen LogP) is 2.47. The fourth-order valence-corrected chi connectivity index (χ4v) is 2.48. The van der Waals surface area contributed by atoms with Crippen LogP contribution in [-0.4, -0.2) is 43.4 Å². The molecule has 1 saturated heterocycles. The van der Waals surface area contributed by atoms with Crippen LogP contribution in [0.3, 0.4) is 0 Å². The maximum Gasteiger partial charge on any atom is 0.335 e. The van der Waals surface area contributed by atoms with Gasteiger partial charge in [-0.25, -0.2) is 4.79 Å². The molecule has 1 amide bonds. The smallest absolute Gasteiger partial charge is 0.335 e. The van der Waals surface area contributed by atoms with Gasteiger partial charge >= 0.3 is 5.97 Å². The Bertz CT molecular complexity index is 571. The third-order valence-electron chi connectivity index (χ3n) is 3.93. The molecule has 3 atom stereocenters. The Balaban J connectivity index is 1.69. The van der Waals surface area contributed by atoms with E-state index in [0.29, 0.717) is 18.2 Å². The largest absolute Gasteiger partial charge is 0.451 e. The third-order valence-corrected chi connectivity index (χ3v) is 4.18. The van der Waals surface area contributed by atoms with Gasteiger partial charge in [-0.15, -0.1) is 0 Å². The van der Waals surface area contributed by atoms with Gasteiger partial charge in [0.2, 0.25) is 0 Å². The second-order valence-corrected chi connectivity index (χ2v) is 6.47. The Kier molecular flexibility index (Phi) is 7.68. The highest BCUT2D eigenvalue weighted by atomic mass is 35.5. The van der Waals surface area contributed by atoms with Crippen molar-refractivity contribution in [3.63, 3.8) is 0 Å². The number of amides is 1. The SMILES string of the molecule is CC(OC(=O)C(C)OCC1CCCO1)C(=O)NCc1ccc(Cl)cc1. The van der Waals surface area contributed by atoms with Crippen LogP contribution in [0.15, 0.2) is 24.3 Å². The number of carbonyl (C=O) groups is 2. The van der Waals surface area contributed by atoms with Crippen LogP contribution in [0.2, 0.25) is 5.02 Å². The molecule has 0 radical (unpaired) electrons. The quantitative estimate of drug-likeness (QED) is 0.712. The normalized spacial score (nSPS) is 19.2. The van der Waals surface area contributed by atoms with Crippen molar-refractivity contribution in [2.24, 2.45) is 0 Å². The summed E-state index contributed by atoms with van der Waals surface area (Å²) < 4.78 is 16.1. The number of nitrogens with one attached hydrogen (secondary N) is 1. The van der Waals surface area contributed by atoms with Crippen molar-refractivity contribution in [3.05, 3.63) is 34.9 Å². The van der Waals surface area contributed by atoms with Crippen LogP contribution in [0.25, 0.3) is 0 Å². The zero-order valence-electron chi connectivity index (χ0n) is 14.5. The molecule has 25 heavy (non-hydrogen) atoms. The zero-order valence-corrected chi connectivity index (χ0v) is 15.3. The van der Waals surface area contributed by atoms with Gasteiger partial charge in [0.1, 0.15) is 0 Å². The van der Waals surface area contributed by atoms with E-state index < -0.39 is 18.2 Å². The highest BCUT2D eigenvalue weighted by Crippen LogP contribution is 2.13. The van der Waals surface area contributed by atoms with Gasteiger partial charge in [0.15, 0.2) is 12.2 Å². The van der Waals surface area contributed by atoms with E-state index in [2.05, 4.69) is 5.32 Å².